The standard InChI is InChI=1S/C14H17N3O3S/c18-13-6-7-17(10-13)21(19,20)14-8-15-16(11-14)9-12-4-2-1-3-5-12/h1-5,8,11,13,18H,6-7,9-10H2/t13-/m0/s1. The summed E-state index contributed by atoms with van der Waals surface area (Å²) in [4.78, 5) is 0.174. The van der Waals surface area contributed by atoms with Gasteiger partial charge in [-0.1, -0.05) is 30.3 Å². The average Bonchev–Trinajstić information content (AvgIpc) is 3.10. The average molecular weight is 307 g/mol. The Morgan fingerprint density at radius 2 is 2.05 bits per heavy atom. The van der Waals surface area contributed by atoms with Gasteiger partial charge in [0, 0.05) is 19.3 Å². The number of rotatable bonds is 4. The summed E-state index contributed by atoms with van der Waals surface area (Å²) in [5.41, 5.74) is 1.06. The van der Waals surface area contributed by atoms with E-state index in [1.165, 1.54) is 16.7 Å². The molecule has 0 bridgehead atoms. The van der Waals surface area contributed by atoms with Gasteiger partial charge in [-0.25, -0.2) is 8.42 Å². The molecule has 7 heteroatoms. The molecule has 0 spiro atoms. The molecule has 112 valence electrons. The highest BCUT2D eigenvalue weighted by molar-refractivity contribution is 7.89. The highest BCUT2D eigenvalue weighted by Crippen LogP contribution is 2.20. The van der Waals surface area contributed by atoms with Crippen LogP contribution in [-0.2, 0) is 16.6 Å². The molecule has 0 radical (unpaired) electrons. The summed E-state index contributed by atoms with van der Waals surface area (Å²) in [5, 5.41) is 13.6. The van der Waals surface area contributed by atoms with E-state index < -0.39 is 16.1 Å². The van der Waals surface area contributed by atoms with Crippen LogP contribution in [0.4, 0.5) is 0 Å². The molecule has 21 heavy (non-hydrogen) atoms. The van der Waals surface area contributed by atoms with E-state index in [-0.39, 0.29) is 11.4 Å². The van der Waals surface area contributed by atoms with Crippen LogP contribution in [0.25, 0.3) is 0 Å². The first-order valence-corrected chi connectivity index (χ1v) is 8.24. The molecule has 1 atom stereocenters. The maximum atomic E-state index is 12.4. The van der Waals surface area contributed by atoms with Crippen LogP contribution in [0, 0.1) is 0 Å². The van der Waals surface area contributed by atoms with Crippen molar-refractivity contribution in [1.82, 2.24) is 14.1 Å². The van der Waals surface area contributed by atoms with Crippen molar-refractivity contribution in [3.05, 3.63) is 48.3 Å². The third-order valence-corrected chi connectivity index (χ3v) is 5.38. The molecule has 0 amide bonds. The summed E-state index contributed by atoms with van der Waals surface area (Å²) in [7, 11) is -3.55. The number of aliphatic hydroxyl groups is 1. The Bertz CT molecular complexity index is 712. The Balaban J connectivity index is 1.78. The predicted molar refractivity (Wildman–Crippen MR) is 77.2 cm³/mol. The van der Waals surface area contributed by atoms with E-state index >= 15 is 0 Å². The third kappa shape index (κ3) is 2.99. The van der Waals surface area contributed by atoms with Crippen LogP contribution in [0.1, 0.15) is 12.0 Å². The van der Waals surface area contributed by atoms with Gasteiger partial charge in [0.2, 0.25) is 10.0 Å². The molecule has 0 unspecified atom stereocenters. The second kappa shape index (κ2) is 5.59. The Labute approximate surface area is 123 Å². The van der Waals surface area contributed by atoms with Crippen molar-refractivity contribution in [3.63, 3.8) is 0 Å². The first-order chi connectivity index (χ1) is 10.1. The van der Waals surface area contributed by atoms with Crippen molar-refractivity contribution in [2.24, 2.45) is 0 Å². The second-order valence-electron chi connectivity index (χ2n) is 5.16. The van der Waals surface area contributed by atoms with Crippen LogP contribution in [0.2, 0.25) is 0 Å². The molecule has 1 saturated heterocycles. The van der Waals surface area contributed by atoms with Crippen LogP contribution in [0.3, 0.4) is 0 Å². The first kappa shape index (κ1) is 14.2. The van der Waals surface area contributed by atoms with E-state index in [1.54, 1.807) is 4.68 Å². The lowest BCUT2D eigenvalue weighted by Crippen LogP contribution is -2.29. The van der Waals surface area contributed by atoms with Gasteiger partial charge in [-0.05, 0) is 12.0 Å². The normalized spacial score (nSPS) is 20.0. The van der Waals surface area contributed by atoms with Crippen LogP contribution in [0.15, 0.2) is 47.6 Å². The lowest BCUT2D eigenvalue weighted by Gasteiger charge is -2.13. The Morgan fingerprint density at radius 1 is 1.29 bits per heavy atom. The fraction of sp³-hybridized carbons (Fsp3) is 0.357. The molecule has 0 aliphatic carbocycles. The second-order valence-corrected chi connectivity index (χ2v) is 7.10. The molecular formula is C14H17N3O3S. The van der Waals surface area contributed by atoms with Crippen molar-refractivity contribution in [3.8, 4) is 0 Å². The zero-order chi connectivity index (χ0) is 14.9. The molecule has 1 aliphatic heterocycles. The van der Waals surface area contributed by atoms with Crippen molar-refractivity contribution in [2.75, 3.05) is 13.1 Å². The van der Waals surface area contributed by atoms with Crippen LogP contribution >= 0.6 is 0 Å². The van der Waals surface area contributed by atoms with Crippen LogP contribution in [0.5, 0.6) is 0 Å². The number of β-amino-alcohol motifs (C(OH)–C–C–N with tert-alkyl or cyclic N) is 1. The van der Waals surface area contributed by atoms with Crippen molar-refractivity contribution >= 4 is 10.0 Å². The molecule has 1 aromatic carbocycles. The molecule has 6 nitrogen and oxygen atoms in total. The fourth-order valence-electron chi connectivity index (χ4n) is 2.41. The van der Waals surface area contributed by atoms with Gasteiger partial charge in [0.1, 0.15) is 4.90 Å². The largest absolute Gasteiger partial charge is 0.392 e. The van der Waals surface area contributed by atoms with Gasteiger partial charge in [0.25, 0.3) is 0 Å². The summed E-state index contributed by atoms with van der Waals surface area (Å²) in [6.07, 6.45) is 2.81. The minimum Gasteiger partial charge on any atom is -0.392 e. The molecule has 1 N–H and O–H groups in total. The first-order valence-electron chi connectivity index (χ1n) is 6.80. The lowest BCUT2D eigenvalue weighted by atomic mass is 10.2. The number of benzene rings is 1. The zero-order valence-electron chi connectivity index (χ0n) is 11.5. The Kier molecular flexibility index (Phi) is 3.79. The zero-order valence-corrected chi connectivity index (χ0v) is 12.3. The van der Waals surface area contributed by atoms with Gasteiger partial charge in [0.05, 0.1) is 18.8 Å². The number of nitrogens with zero attached hydrogens (tertiary/aromatic N) is 3. The summed E-state index contributed by atoms with van der Waals surface area (Å²) >= 11 is 0. The smallest absolute Gasteiger partial charge is 0.246 e. The fourth-order valence-corrected chi connectivity index (χ4v) is 3.86. The van der Waals surface area contributed by atoms with Crippen LogP contribution < -0.4 is 0 Å². The lowest BCUT2D eigenvalue weighted by molar-refractivity contribution is 0.189. The molecule has 2 heterocycles. The topological polar surface area (TPSA) is 75.4 Å². The number of sulfonamides is 1. The molecule has 0 saturated carbocycles. The van der Waals surface area contributed by atoms with E-state index in [1.807, 2.05) is 30.3 Å². The van der Waals surface area contributed by atoms with Crippen molar-refractivity contribution < 1.29 is 13.5 Å². The molecule has 2 aromatic rings. The molecule has 3 rings (SSSR count). The van der Waals surface area contributed by atoms with E-state index in [9.17, 15) is 13.5 Å². The number of aliphatic hydroxyl groups excluding tert-OH is 1. The summed E-state index contributed by atoms with van der Waals surface area (Å²) in [6.45, 7) is 1.04. The summed E-state index contributed by atoms with van der Waals surface area (Å²) < 4.78 is 27.7. The molecular weight excluding hydrogens is 290 g/mol. The number of aromatic nitrogens is 2. The maximum absolute atomic E-state index is 12.4. The van der Waals surface area contributed by atoms with E-state index in [2.05, 4.69) is 5.10 Å². The summed E-state index contributed by atoms with van der Waals surface area (Å²) in [6, 6.07) is 9.73. The monoisotopic (exact) mass is 307 g/mol. The van der Waals surface area contributed by atoms with Gasteiger partial charge in [0.15, 0.2) is 0 Å². The third-order valence-electron chi connectivity index (χ3n) is 3.56. The van der Waals surface area contributed by atoms with Gasteiger partial charge in [-0.3, -0.25) is 4.68 Å². The van der Waals surface area contributed by atoms with E-state index in [0.29, 0.717) is 19.5 Å². The van der Waals surface area contributed by atoms with E-state index in [4.69, 9.17) is 0 Å². The highest BCUT2D eigenvalue weighted by Gasteiger charge is 2.32. The number of hydrogen-bond donors (Lipinski definition) is 1. The van der Waals surface area contributed by atoms with Gasteiger partial charge >= 0.3 is 0 Å². The van der Waals surface area contributed by atoms with Gasteiger partial charge < -0.3 is 5.11 Å². The quantitative estimate of drug-likeness (QED) is 0.901. The summed E-state index contributed by atoms with van der Waals surface area (Å²) in [5.74, 6) is 0. The van der Waals surface area contributed by atoms with Crippen molar-refractivity contribution in [1.29, 1.82) is 0 Å². The highest BCUT2D eigenvalue weighted by atomic mass is 32.2. The minimum atomic E-state index is -3.55. The molecule has 1 aliphatic rings. The maximum Gasteiger partial charge on any atom is 0.246 e. The van der Waals surface area contributed by atoms with Gasteiger partial charge in [-0.15, -0.1) is 0 Å². The SMILES string of the molecule is O=S(=O)(c1cnn(Cc2ccccc2)c1)N1CC[C@H](O)C1. The number of hydrogen-bond acceptors (Lipinski definition) is 4. The molecule has 1 aromatic heterocycles. The van der Waals surface area contributed by atoms with Gasteiger partial charge in [-0.2, -0.15) is 9.40 Å². The Morgan fingerprint density at radius 3 is 2.71 bits per heavy atom. The van der Waals surface area contributed by atoms with Crippen molar-refractivity contribution in [2.45, 2.75) is 24.0 Å². The Hall–Kier alpha value is -1.70. The minimum absolute atomic E-state index is 0.159. The molecule has 1 fully saturated rings. The van der Waals surface area contributed by atoms with E-state index in [0.717, 1.165) is 5.56 Å². The van der Waals surface area contributed by atoms with Crippen LogP contribution in [-0.4, -0.2) is 46.8 Å². The predicted octanol–water partition coefficient (Wildman–Crippen LogP) is 0.687.